The van der Waals surface area contributed by atoms with Gasteiger partial charge < -0.3 is 15.0 Å². The summed E-state index contributed by atoms with van der Waals surface area (Å²) in [7, 11) is 1.68. The molecule has 1 heterocycles. The summed E-state index contributed by atoms with van der Waals surface area (Å²) in [5.74, 6) is 0.551. The van der Waals surface area contributed by atoms with Crippen LogP contribution in [0.15, 0.2) is 72.8 Å². The van der Waals surface area contributed by atoms with Crippen molar-refractivity contribution in [2.24, 2.45) is 0 Å². The highest BCUT2D eigenvalue weighted by atomic mass is 19.4. The molecule has 0 aliphatic carbocycles. The van der Waals surface area contributed by atoms with Gasteiger partial charge in [0.15, 0.2) is 0 Å². The molecule has 0 saturated carbocycles. The number of hydrogen-bond donors (Lipinski definition) is 1. The van der Waals surface area contributed by atoms with Crippen LogP contribution < -0.4 is 15.0 Å². The van der Waals surface area contributed by atoms with Gasteiger partial charge in [-0.3, -0.25) is 9.69 Å². The number of anilines is 1. The number of rotatable bonds is 7. The molecule has 0 unspecified atom stereocenters. The Morgan fingerprint density at radius 3 is 2.37 bits per heavy atom. The van der Waals surface area contributed by atoms with Gasteiger partial charge in [-0.15, -0.1) is 0 Å². The lowest BCUT2D eigenvalue weighted by Gasteiger charge is -2.36. The number of carbonyl (C=O) groups is 1. The summed E-state index contributed by atoms with van der Waals surface area (Å²) in [6, 6.07) is 20.4. The van der Waals surface area contributed by atoms with Crippen LogP contribution in [0.3, 0.4) is 0 Å². The molecule has 1 amide bonds. The summed E-state index contributed by atoms with van der Waals surface area (Å²) in [5, 5.41) is 2.72. The number of ether oxygens (including phenoxy) is 1. The van der Waals surface area contributed by atoms with Crippen LogP contribution in [0.1, 0.15) is 27.0 Å². The van der Waals surface area contributed by atoms with E-state index in [2.05, 4.69) is 21.2 Å². The lowest BCUT2D eigenvalue weighted by Crippen LogP contribution is -2.46. The SMILES string of the molecule is COc1ccccc1N1CCN(Cc2cccc(C(=O)NCc3cccc(C(F)(F)F)c3)c2)CC1. The Labute approximate surface area is 203 Å². The molecular weight excluding hydrogens is 455 g/mol. The van der Waals surface area contributed by atoms with Gasteiger partial charge in [0.25, 0.3) is 5.91 Å². The maximum absolute atomic E-state index is 12.9. The van der Waals surface area contributed by atoms with E-state index >= 15 is 0 Å². The molecule has 3 aromatic carbocycles. The second-order valence-electron chi connectivity index (χ2n) is 8.52. The molecule has 1 fully saturated rings. The van der Waals surface area contributed by atoms with Crippen LogP contribution in [-0.2, 0) is 19.3 Å². The number of halogens is 3. The molecule has 0 aromatic heterocycles. The van der Waals surface area contributed by atoms with Gasteiger partial charge in [0, 0.05) is 44.8 Å². The van der Waals surface area contributed by atoms with E-state index in [4.69, 9.17) is 4.74 Å². The van der Waals surface area contributed by atoms with Gasteiger partial charge in [-0.2, -0.15) is 13.2 Å². The van der Waals surface area contributed by atoms with Crippen molar-refractivity contribution in [3.8, 4) is 5.75 Å². The van der Waals surface area contributed by atoms with Crippen LogP contribution in [0.2, 0.25) is 0 Å². The van der Waals surface area contributed by atoms with Crippen molar-refractivity contribution >= 4 is 11.6 Å². The Morgan fingerprint density at radius 2 is 1.63 bits per heavy atom. The molecule has 0 radical (unpaired) electrons. The van der Waals surface area contributed by atoms with Crippen LogP contribution >= 0.6 is 0 Å². The lowest BCUT2D eigenvalue weighted by molar-refractivity contribution is -0.137. The minimum Gasteiger partial charge on any atom is -0.495 e. The average molecular weight is 484 g/mol. The van der Waals surface area contributed by atoms with E-state index in [-0.39, 0.29) is 12.5 Å². The largest absolute Gasteiger partial charge is 0.495 e. The van der Waals surface area contributed by atoms with Crippen molar-refractivity contribution in [2.45, 2.75) is 19.3 Å². The van der Waals surface area contributed by atoms with Crippen LogP contribution in [0.4, 0.5) is 18.9 Å². The normalized spacial score (nSPS) is 14.6. The van der Waals surface area contributed by atoms with E-state index in [1.165, 1.54) is 6.07 Å². The number of para-hydroxylation sites is 2. The minimum atomic E-state index is -4.41. The van der Waals surface area contributed by atoms with Gasteiger partial charge >= 0.3 is 6.18 Å². The zero-order valence-corrected chi connectivity index (χ0v) is 19.5. The van der Waals surface area contributed by atoms with Gasteiger partial charge in [-0.05, 0) is 47.5 Å². The first-order valence-corrected chi connectivity index (χ1v) is 11.5. The molecule has 1 N–H and O–H groups in total. The van der Waals surface area contributed by atoms with Crippen LogP contribution in [0.5, 0.6) is 5.75 Å². The van der Waals surface area contributed by atoms with Crippen molar-refractivity contribution in [3.05, 3.63) is 95.1 Å². The first-order chi connectivity index (χ1) is 16.8. The Hall–Kier alpha value is -3.52. The third-order valence-corrected chi connectivity index (χ3v) is 6.10. The number of nitrogens with zero attached hydrogens (tertiary/aromatic N) is 2. The minimum absolute atomic E-state index is 0.0257. The van der Waals surface area contributed by atoms with Crippen molar-refractivity contribution in [3.63, 3.8) is 0 Å². The Morgan fingerprint density at radius 1 is 0.914 bits per heavy atom. The number of piperazine rings is 1. The summed E-state index contributed by atoms with van der Waals surface area (Å²) in [4.78, 5) is 17.3. The predicted octanol–water partition coefficient (Wildman–Crippen LogP) is 4.97. The van der Waals surface area contributed by atoms with Crippen LogP contribution in [0.25, 0.3) is 0 Å². The summed E-state index contributed by atoms with van der Waals surface area (Å²) < 4.78 is 44.2. The quantitative estimate of drug-likeness (QED) is 0.516. The molecule has 1 aliphatic heterocycles. The van der Waals surface area contributed by atoms with Crippen molar-refractivity contribution < 1.29 is 22.7 Å². The highest BCUT2D eigenvalue weighted by Gasteiger charge is 2.30. The molecular formula is C27H28F3N3O2. The fourth-order valence-corrected chi connectivity index (χ4v) is 4.25. The Bertz CT molecular complexity index is 1160. The van der Waals surface area contributed by atoms with E-state index in [9.17, 15) is 18.0 Å². The van der Waals surface area contributed by atoms with Crippen molar-refractivity contribution in [2.75, 3.05) is 38.2 Å². The molecule has 0 atom stereocenters. The summed E-state index contributed by atoms with van der Waals surface area (Å²) in [5.41, 5.74) is 2.27. The molecule has 3 aromatic rings. The zero-order chi connectivity index (χ0) is 24.8. The Kier molecular flexibility index (Phi) is 7.60. The predicted molar refractivity (Wildman–Crippen MR) is 130 cm³/mol. The second kappa shape index (κ2) is 10.8. The third kappa shape index (κ3) is 6.33. The monoisotopic (exact) mass is 483 g/mol. The first kappa shape index (κ1) is 24.6. The van der Waals surface area contributed by atoms with Gasteiger partial charge in [-0.25, -0.2) is 0 Å². The fraction of sp³-hybridized carbons (Fsp3) is 0.296. The number of carbonyl (C=O) groups excluding carboxylic acids is 1. The highest BCUT2D eigenvalue weighted by molar-refractivity contribution is 5.94. The molecule has 4 rings (SSSR count). The lowest BCUT2D eigenvalue weighted by atomic mass is 10.1. The Balaban J connectivity index is 1.32. The molecule has 1 aliphatic rings. The van der Waals surface area contributed by atoms with E-state index in [0.29, 0.717) is 17.7 Å². The van der Waals surface area contributed by atoms with Crippen LogP contribution in [-0.4, -0.2) is 44.1 Å². The summed E-state index contributed by atoms with van der Waals surface area (Å²) in [6.07, 6.45) is -4.41. The molecule has 0 bridgehead atoms. The number of nitrogens with one attached hydrogen (secondary N) is 1. The van der Waals surface area contributed by atoms with Crippen LogP contribution in [0, 0.1) is 0 Å². The topological polar surface area (TPSA) is 44.8 Å². The number of benzene rings is 3. The molecule has 5 nitrogen and oxygen atoms in total. The van der Waals surface area contributed by atoms with Crippen molar-refractivity contribution in [1.29, 1.82) is 0 Å². The molecule has 1 saturated heterocycles. The van der Waals surface area contributed by atoms with E-state index in [1.54, 1.807) is 19.2 Å². The maximum Gasteiger partial charge on any atom is 0.416 e. The molecule has 184 valence electrons. The standard InChI is InChI=1S/C27H28F3N3O2/c1-35-25-11-3-2-10-24(25)33-14-12-32(13-15-33)19-21-7-4-8-22(16-21)26(34)31-18-20-6-5-9-23(17-20)27(28,29)30/h2-11,16-17H,12-15,18-19H2,1H3,(H,31,34). The summed E-state index contributed by atoms with van der Waals surface area (Å²) >= 11 is 0. The highest BCUT2D eigenvalue weighted by Crippen LogP contribution is 2.30. The fourth-order valence-electron chi connectivity index (χ4n) is 4.25. The van der Waals surface area contributed by atoms with Gasteiger partial charge in [0.05, 0.1) is 18.4 Å². The number of methoxy groups -OCH3 is 1. The van der Waals surface area contributed by atoms with E-state index in [0.717, 1.165) is 55.3 Å². The third-order valence-electron chi connectivity index (χ3n) is 6.10. The van der Waals surface area contributed by atoms with E-state index < -0.39 is 11.7 Å². The maximum atomic E-state index is 12.9. The van der Waals surface area contributed by atoms with Gasteiger partial charge in [-0.1, -0.05) is 36.4 Å². The molecule has 0 spiro atoms. The van der Waals surface area contributed by atoms with Gasteiger partial charge in [0.1, 0.15) is 5.75 Å². The first-order valence-electron chi connectivity index (χ1n) is 11.5. The second-order valence-corrected chi connectivity index (χ2v) is 8.52. The number of alkyl halides is 3. The van der Waals surface area contributed by atoms with Crippen molar-refractivity contribution in [1.82, 2.24) is 10.2 Å². The number of amides is 1. The number of hydrogen-bond acceptors (Lipinski definition) is 4. The van der Waals surface area contributed by atoms with E-state index in [1.807, 2.05) is 36.4 Å². The smallest absolute Gasteiger partial charge is 0.416 e. The van der Waals surface area contributed by atoms with Gasteiger partial charge in [0.2, 0.25) is 0 Å². The molecule has 8 heteroatoms. The molecule has 35 heavy (non-hydrogen) atoms. The zero-order valence-electron chi connectivity index (χ0n) is 19.5. The summed E-state index contributed by atoms with van der Waals surface area (Å²) in [6.45, 7) is 4.25. The average Bonchev–Trinajstić information content (AvgIpc) is 2.87.